The van der Waals surface area contributed by atoms with Crippen LogP contribution in [-0.4, -0.2) is 140 Å². The Morgan fingerprint density at radius 1 is 0.385 bits per heavy atom. The molecule has 0 bridgehead atoms. The number of carbonyl (C=O) groups is 1. The van der Waals surface area contributed by atoms with Crippen molar-refractivity contribution in [3.63, 3.8) is 0 Å². The minimum absolute atomic E-state index is 0.246. The smallest absolute Gasteiger partial charge is 0.220 e. The summed E-state index contributed by atoms with van der Waals surface area (Å²) in [6.07, 6.45) is 63.7. The van der Waals surface area contributed by atoms with Crippen LogP contribution in [0.3, 0.4) is 0 Å². The lowest BCUT2D eigenvalue weighted by atomic mass is 9.97. The molecule has 0 aliphatic carbocycles. The molecule has 0 spiro atoms. The first-order chi connectivity index (χ1) is 44.6. The van der Waals surface area contributed by atoms with Crippen molar-refractivity contribution in [2.75, 3.05) is 19.8 Å². The maximum Gasteiger partial charge on any atom is 0.220 e. The minimum atomic E-state index is -1.79. The molecular formula is C77H145NO13. The number of nitrogens with one attached hydrogen (secondary N) is 1. The predicted octanol–water partition coefficient (Wildman–Crippen LogP) is 16.9. The largest absolute Gasteiger partial charge is 0.394 e. The standard InChI is InChI=1S/C77H145NO13/c1-3-5-7-9-11-13-15-17-19-21-23-25-27-29-30-31-32-33-34-35-37-39-41-43-45-47-49-51-53-55-57-59-61-69(82)78-65(64-88-76-74(87)72(85)75(68(63-80)90-76)91-77-73(86)71(84)70(83)67(62-79)89-77)66(81)60-58-56-54-52-50-48-46-44-42-40-38-36-28-26-24-22-20-18-16-14-12-10-8-6-4-2/h42,44,50,52,58,60,65-68,70-77,79-81,83-87H,3-41,43,45-49,51,53-57,59,61-64H2,1-2H3,(H,78,82)/b44-42+,52-50+,60-58+. The Kier molecular flexibility index (Phi) is 57.9. The van der Waals surface area contributed by atoms with E-state index in [1.54, 1.807) is 6.08 Å². The van der Waals surface area contributed by atoms with Gasteiger partial charge in [-0.05, 0) is 44.9 Å². The quantitative estimate of drug-likeness (QED) is 0.0204. The van der Waals surface area contributed by atoms with Crippen LogP contribution in [-0.2, 0) is 23.7 Å². The van der Waals surface area contributed by atoms with Crippen LogP contribution in [0.25, 0.3) is 0 Å². The highest BCUT2D eigenvalue weighted by molar-refractivity contribution is 5.76. The van der Waals surface area contributed by atoms with Gasteiger partial charge in [-0.15, -0.1) is 0 Å². The lowest BCUT2D eigenvalue weighted by Crippen LogP contribution is -2.65. The lowest BCUT2D eigenvalue weighted by molar-refractivity contribution is -0.359. The molecular weight excluding hydrogens is 1150 g/mol. The number of hydrogen-bond acceptors (Lipinski definition) is 13. The molecule has 12 atom stereocenters. The highest BCUT2D eigenvalue weighted by Gasteiger charge is 2.51. The topological polar surface area (TPSA) is 228 Å². The highest BCUT2D eigenvalue weighted by atomic mass is 16.7. The Balaban J connectivity index is 1.64. The minimum Gasteiger partial charge on any atom is -0.394 e. The summed E-state index contributed by atoms with van der Waals surface area (Å²) in [6, 6.07) is -0.938. The summed E-state index contributed by atoms with van der Waals surface area (Å²) in [7, 11) is 0. The fraction of sp³-hybridized carbons (Fsp3) is 0.909. The number of rotatable bonds is 65. The Morgan fingerprint density at radius 2 is 0.703 bits per heavy atom. The number of hydrogen-bond donors (Lipinski definition) is 9. The van der Waals surface area contributed by atoms with E-state index in [-0.39, 0.29) is 18.9 Å². The highest BCUT2D eigenvalue weighted by Crippen LogP contribution is 2.30. The Labute approximate surface area is 557 Å². The maximum absolute atomic E-state index is 13.4. The summed E-state index contributed by atoms with van der Waals surface area (Å²) in [5.41, 5.74) is 0. The first kappa shape index (κ1) is 85.3. The molecule has 14 nitrogen and oxygen atoms in total. The maximum atomic E-state index is 13.4. The summed E-state index contributed by atoms with van der Waals surface area (Å²) < 4.78 is 22.9. The zero-order chi connectivity index (χ0) is 65.9. The second-order valence-corrected chi connectivity index (χ2v) is 27.5. The van der Waals surface area contributed by atoms with Crippen LogP contribution < -0.4 is 5.32 Å². The van der Waals surface area contributed by atoms with Crippen LogP contribution in [0, 0.1) is 0 Å². The molecule has 2 aliphatic rings. The summed E-state index contributed by atoms with van der Waals surface area (Å²) in [5, 5.41) is 87.5. The number of aliphatic hydroxyl groups excluding tert-OH is 8. The Morgan fingerprint density at radius 3 is 1.08 bits per heavy atom. The summed E-state index contributed by atoms with van der Waals surface area (Å²) in [5.74, 6) is -0.246. The third-order valence-electron chi connectivity index (χ3n) is 19.1. The second-order valence-electron chi connectivity index (χ2n) is 27.5. The van der Waals surface area contributed by atoms with E-state index in [0.717, 1.165) is 44.9 Å². The van der Waals surface area contributed by atoms with Crippen molar-refractivity contribution in [1.29, 1.82) is 0 Å². The normalized spacial score (nSPS) is 22.9. The number of carbonyl (C=O) groups excluding carboxylic acids is 1. The van der Waals surface area contributed by atoms with Crippen molar-refractivity contribution in [2.24, 2.45) is 0 Å². The Hall–Kier alpha value is -1.79. The van der Waals surface area contributed by atoms with E-state index in [9.17, 15) is 45.6 Å². The van der Waals surface area contributed by atoms with Gasteiger partial charge in [0.05, 0.1) is 32.0 Å². The van der Waals surface area contributed by atoms with E-state index in [0.29, 0.717) is 12.8 Å². The van der Waals surface area contributed by atoms with E-state index in [4.69, 9.17) is 18.9 Å². The molecule has 1 amide bonds. The zero-order valence-corrected chi connectivity index (χ0v) is 58.6. The van der Waals surface area contributed by atoms with Gasteiger partial charge in [-0.25, -0.2) is 0 Å². The summed E-state index contributed by atoms with van der Waals surface area (Å²) in [4.78, 5) is 13.4. The molecule has 2 heterocycles. The summed E-state index contributed by atoms with van der Waals surface area (Å²) >= 11 is 0. The number of unbranched alkanes of at least 4 members (excludes halogenated alkanes) is 48. The molecule has 2 aliphatic heterocycles. The van der Waals surface area contributed by atoms with Gasteiger partial charge in [0.2, 0.25) is 5.91 Å². The van der Waals surface area contributed by atoms with Crippen molar-refractivity contribution in [3.8, 4) is 0 Å². The van der Waals surface area contributed by atoms with Gasteiger partial charge in [0.1, 0.15) is 48.8 Å². The third-order valence-corrected chi connectivity index (χ3v) is 19.1. The third kappa shape index (κ3) is 45.4. The van der Waals surface area contributed by atoms with Crippen molar-refractivity contribution in [3.05, 3.63) is 36.5 Å². The second kappa shape index (κ2) is 61.8. The van der Waals surface area contributed by atoms with Crippen LogP contribution in [0.4, 0.5) is 0 Å². The van der Waals surface area contributed by atoms with Crippen LogP contribution in [0.1, 0.15) is 354 Å². The average molecular weight is 1290 g/mol. The van der Waals surface area contributed by atoms with Gasteiger partial charge in [0, 0.05) is 6.42 Å². The molecule has 0 saturated carbocycles. The first-order valence-electron chi connectivity index (χ1n) is 38.7. The van der Waals surface area contributed by atoms with Crippen LogP contribution >= 0.6 is 0 Å². The van der Waals surface area contributed by atoms with Crippen molar-refractivity contribution in [1.82, 2.24) is 5.32 Å². The number of amides is 1. The molecule has 12 unspecified atom stereocenters. The molecule has 0 aromatic rings. The molecule has 0 aromatic heterocycles. The zero-order valence-electron chi connectivity index (χ0n) is 58.6. The van der Waals surface area contributed by atoms with Gasteiger partial charge < -0.3 is 65.1 Å². The van der Waals surface area contributed by atoms with Crippen LogP contribution in [0.2, 0.25) is 0 Å². The molecule has 0 aromatic carbocycles. The fourth-order valence-electron chi connectivity index (χ4n) is 12.9. The van der Waals surface area contributed by atoms with Gasteiger partial charge in [0.15, 0.2) is 12.6 Å². The van der Waals surface area contributed by atoms with Gasteiger partial charge >= 0.3 is 0 Å². The fourth-order valence-corrected chi connectivity index (χ4v) is 12.9. The Bertz CT molecular complexity index is 1670. The average Bonchev–Trinajstić information content (AvgIpc) is 1.04. The predicted molar refractivity (Wildman–Crippen MR) is 374 cm³/mol. The van der Waals surface area contributed by atoms with Gasteiger partial charge in [-0.2, -0.15) is 0 Å². The molecule has 14 heteroatoms. The van der Waals surface area contributed by atoms with E-state index < -0.39 is 86.8 Å². The molecule has 536 valence electrons. The van der Waals surface area contributed by atoms with Crippen molar-refractivity contribution < 1.29 is 64.6 Å². The molecule has 2 saturated heterocycles. The monoisotopic (exact) mass is 1290 g/mol. The molecule has 2 rings (SSSR count). The van der Waals surface area contributed by atoms with E-state index in [2.05, 4.69) is 43.5 Å². The molecule has 9 N–H and O–H groups in total. The van der Waals surface area contributed by atoms with Gasteiger partial charge in [0.25, 0.3) is 0 Å². The number of ether oxygens (including phenoxy) is 4. The first-order valence-corrected chi connectivity index (χ1v) is 38.7. The molecule has 0 radical (unpaired) electrons. The van der Waals surface area contributed by atoms with Gasteiger partial charge in [-0.3, -0.25) is 4.79 Å². The van der Waals surface area contributed by atoms with Gasteiger partial charge in [-0.1, -0.05) is 339 Å². The van der Waals surface area contributed by atoms with Crippen LogP contribution in [0.15, 0.2) is 36.5 Å². The lowest BCUT2D eigenvalue weighted by Gasteiger charge is -2.46. The van der Waals surface area contributed by atoms with E-state index in [1.807, 2.05) is 6.08 Å². The van der Waals surface area contributed by atoms with E-state index in [1.165, 1.54) is 276 Å². The molecule has 2 fully saturated rings. The van der Waals surface area contributed by atoms with Crippen LogP contribution in [0.5, 0.6) is 0 Å². The number of aliphatic hydroxyl groups is 8. The van der Waals surface area contributed by atoms with Crippen molar-refractivity contribution >= 4 is 5.91 Å². The van der Waals surface area contributed by atoms with E-state index >= 15 is 0 Å². The molecule has 91 heavy (non-hydrogen) atoms. The SMILES string of the molecule is CCCCCCCCCCCCCCCCC/C=C/CC/C=C/CC/C=C/C(O)C(COC1OC(CO)C(OC2OC(CO)C(O)C(O)C2O)C(O)C1O)NC(=O)CCCCCCCCCCCCCCCCCCCCCCCCCCCCCCCCCC. The van der Waals surface area contributed by atoms with Crippen molar-refractivity contribution in [2.45, 2.75) is 428 Å². The number of allylic oxidation sites excluding steroid dienone is 5. The summed E-state index contributed by atoms with van der Waals surface area (Å²) in [6.45, 7) is 2.84.